The molecular weight excluding hydrogens is 333 g/mol. The molecule has 2 amide bonds. The van der Waals surface area contributed by atoms with Crippen molar-refractivity contribution in [3.8, 4) is 0 Å². The van der Waals surface area contributed by atoms with E-state index in [2.05, 4.69) is 0 Å². The molecule has 2 aromatic rings. The lowest BCUT2D eigenvalue weighted by Crippen LogP contribution is -2.48. The van der Waals surface area contributed by atoms with E-state index in [0.29, 0.717) is 11.3 Å². The summed E-state index contributed by atoms with van der Waals surface area (Å²) >= 11 is 0. The number of rotatable bonds is 3. The molecule has 0 fully saturated rings. The molecule has 0 radical (unpaired) electrons. The van der Waals surface area contributed by atoms with E-state index in [-0.39, 0.29) is 5.56 Å². The van der Waals surface area contributed by atoms with E-state index in [1.54, 1.807) is 25.1 Å². The van der Waals surface area contributed by atoms with Gasteiger partial charge in [0.25, 0.3) is 0 Å². The van der Waals surface area contributed by atoms with Crippen molar-refractivity contribution >= 4 is 23.9 Å². The standard InChI is InChI=1S/C17H17F3N4O/c1-11-5-4-8-15(24(22)16(25)23-21)13(11)10-9-12-6-2-3-7-14(12)17(18,19)20/h2-10H,21-22H2,1H3,(H,23,25)/b10-9+. The topological polar surface area (TPSA) is 84.4 Å². The summed E-state index contributed by atoms with van der Waals surface area (Å²) in [5.74, 6) is 10.8. The second-order valence-corrected chi connectivity index (χ2v) is 5.25. The smallest absolute Gasteiger partial charge is 0.274 e. The Morgan fingerprint density at radius 2 is 1.80 bits per heavy atom. The molecule has 0 saturated carbocycles. The van der Waals surface area contributed by atoms with Gasteiger partial charge in [0.05, 0.1) is 11.3 Å². The van der Waals surface area contributed by atoms with Gasteiger partial charge in [-0.25, -0.2) is 21.5 Å². The first-order chi connectivity index (χ1) is 11.8. The van der Waals surface area contributed by atoms with Gasteiger partial charge in [0, 0.05) is 5.56 Å². The molecule has 0 saturated heterocycles. The normalized spacial score (nSPS) is 11.6. The van der Waals surface area contributed by atoms with Crippen LogP contribution < -0.4 is 22.1 Å². The summed E-state index contributed by atoms with van der Waals surface area (Å²) < 4.78 is 39.3. The number of carbonyl (C=O) groups excluding carboxylic acids is 1. The third kappa shape index (κ3) is 4.17. The van der Waals surface area contributed by atoms with Crippen LogP contribution >= 0.6 is 0 Å². The molecule has 0 atom stereocenters. The lowest BCUT2D eigenvalue weighted by Gasteiger charge is -2.19. The number of alkyl halides is 3. The third-order valence-corrected chi connectivity index (χ3v) is 3.60. The number of hydrogen-bond donors (Lipinski definition) is 3. The number of nitrogens with one attached hydrogen (secondary N) is 1. The summed E-state index contributed by atoms with van der Waals surface area (Å²) in [6.45, 7) is 1.76. The van der Waals surface area contributed by atoms with E-state index >= 15 is 0 Å². The summed E-state index contributed by atoms with van der Waals surface area (Å²) in [7, 11) is 0. The fourth-order valence-electron chi connectivity index (χ4n) is 2.34. The largest absolute Gasteiger partial charge is 0.416 e. The predicted molar refractivity (Wildman–Crippen MR) is 90.9 cm³/mol. The zero-order valence-electron chi connectivity index (χ0n) is 13.3. The number of nitrogens with two attached hydrogens (primary N) is 2. The number of halogens is 3. The van der Waals surface area contributed by atoms with Gasteiger partial charge in [-0.2, -0.15) is 13.2 Å². The van der Waals surface area contributed by atoms with Crippen LogP contribution in [0.2, 0.25) is 0 Å². The Morgan fingerprint density at radius 1 is 1.12 bits per heavy atom. The molecule has 25 heavy (non-hydrogen) atoms. The van der Waals surface area contributed by atoms with E-state index in [4.69, 9.17) is 11.7 Å². The number of hydrazine groups is 2. The first-order valence-corrected chi connectivity index (χ1v) is 7.25. The van der Waals surface area contributed by atoms with Gasteiger partial charge in [0.1, 0.15) is 0 Å². The summed E-state index contributed by atoms with van der Waals surface area (Å²) in [6, 6.07) is 9.47. The molecule has 0 unspecified atom stereocenters. The van der Waals surface area contributed by atoms with Crippen molar-refractivity contribution in [2.45, 2.75) is 13.1 Å². The van der Waals surface area contributed by atoms with Crippen LogP contribution in [0.5, 0.6) is 0 Å². The molecule has 0 aliphatic heterocycles. The van der Waals surface area contributed by atoms with Gasteiger partial charge in [0.15, 0.2) is 0 Å². The number of hydrogen-bond acceptors (Lipinski definition) is 3. The fraction of sp³-hybridized carbons (Fsp3) is 0.118. The number of nitrogens with zero attached hydrogens (tertiary/aromatic N) is 1. The van der Waals surface area contributed by atoms with Gasteiger partial charge in [-0.3, -0.25) is 5.43 Å². The van der Waals surface area contributed by atoms with Crippen LogP contribution in [0.3, 0.4) is 0 Å². The number of urea groups is 1. The minimum Gasteiger partial charge on any atom is -0.274 e. The van der Waals surface area contributed by atoms with Crippen LogP contribution in [0.4, 0.5) is 23.7 Å². The maximum Gasteiger partial charge on any atom is 0.416 e. The van der Waals surface area contributed by atoms with Crippen molar-refractivity contribution in [1.82, 2.24) is 5.43 Å². The van der Waals surface area contributed by atoms with Gasteiger partial charge in [-0.15, -0.1) is 0 Å². The summed E-state index contributed by atoms with van der Waals surface area (Å²) in [5, 5.41) is 0.794. The second-order valence-electron chi connectivity index (χ2n) is 5.25. The van der Waals surface area contributed by atoms with Gasteiger partial charge >= 0.3 is 12.2 Å². The Morgan fingerprint density at radius 3 is 2.44 bits per heavy atom. The van der Waals surface area contributed by atoms with Crippen LogP contribution in [-0.4, -0.2) is 6.03 Å². The van der Waals surface area contributed by atoms with Crippen molar-refractivity contribution in [3.05, 3.63) is 64.7 Å². The maximum absolute atomic E-state index is 13.1. The van der Waals surface area contributed by atoms with Gasteiger partial charge in [0.2, 0.25) is 0 Å². The molecule has 0 aliphatic rings. The molecule has 5 N–H and O–H groups in total. The highest BCUT2D eigenvalue weighted by atomic mass is 19.4. The molecule has 0 aliphatic carbocycles. The maximum atomic E-state index is 13.1. The highest BCUT2D eigenvalue weighted by Gasteiger charge is 2.32. The van der Waals surface area contributed by atoms with Crippen LogP contribution in [0, 0.1) is 6.92 Å². The monoisotopic (exact) mass is 350 g/mol. The minimum atomic E-state index is -4.46. The molecule has 8 heteroatoms. The fourth-order valence-corrected chi connectivity index (χ4v) is 2.34. The molecule has 132 valence electrons. The molecule has 5 nitrogen and oxygen atoms in total. The van der Waals surface area contributed by atoms with Crippen molar-refractivity contribution in [1.29, 1.82) is 0 Å². The van der Waals surface area contributed by atoms with Crippen LogP contribution in [0.25, 0.3) is 12.2 Å². The van der Waals surface area contributed by atoms with E-state index in [9.17, 15) is 18.0 Å². The average Bonchev–Trinajstić information content (AvgIpc) is 2.58. The molecular formula is C17H17F3N4O. The SMILES string of the molecule is Cc1cccc(N(N)C(=O)NN)c1/C=C/c1ccccc1C(F)(F)F. The van der Waals surface area contributed by atoms with Crippen molar-refractivity contribution in [2.75, 3.05) is 5.01 Å². The molecule has 2 rings (SSSR count). The van der Waals surface area contributed by atoms with Crippen LogP contribution in [0.1, 0.15) is 22.3 Å². The van der Waals surface area contributed by atoms with E-state index in [0.717, 1.165) is 16.6 Å². The molecule has 0 aromatic heterocycles. The average molecular weight is 350 g/mol. The lowest BCUT2D eigenvalue weighted by molar-refractivity contribution is -0.137. The first kappa shape index (κ1) is 18.5. The van der Waals surface area contributed by atoms with Crippen LogP contribution in [0.15, 0.2) is 42.5 Å². The number of aryl methyl sites for hydroxylation is 1. The minimum absolute atomic E-state index is 0.0102. The quantitative estimate of drug-likeness (QED) is 0.343. The number of anilines is 1. The zero-order chi connectivity index (χ0) is 18.6. The Balaban J connectivity index is 2.48. The zero-order valence-corrected chi connectivity index (χ0v) is 13.3. The molecule has 0 spiro atoms. The molecule has 2 aromatic carbocycles. The first-order valence-electron chi connectivity index (χ1n) is 7.25. The number of carbonyl (C=O) groups is 1. The van der Waals surface area contributed by atoms with Crippen molar-refractivity contribution in [3.63, 3.8) is 0 Å². The van der Waals surface area contributed by atoms with Crippen LogP contribution in [-0.2, 0) is 6.18 Å². The predicted octanol–water partition coefficient (Wildman–Crippen LogP) is 3.45. The molecule has 0 bridgehead atoms. The number of benzene rings is 2. The van der Waals surface area contributed by atoms with Gasteiger partial charge < -0.3 is 0 Å². The second kappa shape index (κ2) is 7.37. The van der Waals surface area contributed by atoms with Crippen molar-refractivity contribution in [2.24, 2.45) is 11.7 Å². The van der Waals surface area contributed by atoms with E-state index in [1.807, 2.05) is 5.43 Å². The summed E-state index contributed by atoms with van der Waals surface area (Å²) in [4.78, 5) is 11.6. The Labute approximate surface area is 142 Å². The summed E-state index contributed by atoms with van der Waals surface area (Å²) in [5.41, 5.74) is 2.72. The van der Waals surface area contributed by atoms with Gasteiger partial charge in [-0.1, -0.05) is 42.5 Å². The lowest BCUT2D eigenvalue weighted by atomic mass is 10.0. The van der Waals surface area contributed by atoms with Gasteiger partial charge in [-0.05, 0) is 30.2 Å². The number of amides is 2. The third-order valence-electron chi connectivity index (χ3n) is 3.60. The van der Waals surface area contributed by atoms with Crippen molar-refractivity contribution < 1.29 is 18.0 Å². The Bertz CT molecular complexity index is 803. The summed E-state index contributed by atoms with van der Waals surface area (Å²) in [6.07, 6.45) is -1.64. The Kier molecular flexibility index (Phi) is 5.45. The molecule has 0 heterocycles. The Hall–Kier alpha value is -2.84. The highest BCUT2D eigenvalue weighted by Crippen LogP contribution is 2.33. The van der Waals surface area contributed by atoms with E-state index < -0.39 is 17.8 Å². The highest BCUT2D eigenvalue weighted by molar-refractivity contribution is 5.94. The van der Waals surface area contributed by atoms with E-state index in [1.165, 1.54) is 30.4 Å².